The van der Waals surface area contributed by atoms with Crippen LogP contribution in [0.25, 0.3) is 32.7 Å². The molecule has 2 aromatic heterocycles. The fraction of sp³-hybridized carbons (Fsp3) is 0.167. The molecule has 3 heteroatoms. The zero-order chi connectivity index (χ0) is 14.7. The summed E-state index contributed by atoms with van der Waals surface area (Å²) < 4.78 is 0. The Morgan fingerprint density at radius 1 is 0.857 bits per heavy atom. The Morgan fingerprint density at radius 3 is 2.33 bits per heavy atom. The summed E-state index contributed by atoms with van der Waals surface area (Å²) in [6, 6.07) is 9.94. The van der Waals surface area contributed by atoms with E-state index in [2.05, 4.69) is 29.0 Å². The number of hydrogen-bond donors (Lipinski definition) is 2. The van der Waals surface area contributed by atoms with E-state index >= 15 is 0 Å². The summed E-state index contributed by atoms with van der Waals surface area (Å²) in [6.45, 7) is 6.03. The van der Waals surface area contributed by atoms with Crippen LogP contribution in [0.5, 0.6) is 0 Å². The van der Waals surface area contributed by atoms with Gasteiger partial charge in [-0.2, -0.15) is 0 Å². The normalized spacial score (nSPS) is 11.8. The molecule has 0 saturated carbocycles. The molecule has 2 N–H and O–H groups in total. The van der Waals surface area contributed by atoms with Gasteiger partial charge in [0.25, 0.3) is 0 Å². The smallest absolute Gasteiger partial charge is 0.189 e. The number of aromatic amines is 2. The molecular formula is C18H16N2O. The van der Waals surface area contributed by atoms with Crippen LogP contribution in [0.15, 0.2) is 35.1 Å². The molecule has 0 amide bonds. The lowest BCUT2D eigenvalue weighted by molar-refractivity contribution is 1.23. The summed E-state index contributed by atoms with van der Waals surface area (Å²) in [5.74, 6) is 0. The molecule has 0 unspecified atom stereocenters. The Bertz CT molecular complexity index is 1080. The van der Waals surface area contributed by atoms with Gasteiger partial charge < -0.3 is 9.97 Å². The lowest BCUT2D eigenvalue weighted by Gasteiger charge is -2.09. The maximum absolute atomic E-state index is 12.4. The predicted octanol–water partition coefficient (Wildman–Crippen LogP) is 4.09. The third kappa shape index (κ3) is 1.51. The molecule has 0 atom stereocenters. The average molecular weight is 276 g/mol. The van der Waals surface area contributed by atoms with E-state index in [0.29, 0.717) is 0 Å². The molecular weight excluding hydrogens is 260 g/mol. The number of pyridine rings is 1. The summed E-state index contributed by atoms with van der Waals surface area (Å²) in [6.07, 6.45) is 0. The second kappa shape index (κ2) is 3.98. The van der Waals surface area contributed by atoms with Gasteiger partial charge in [-0.1, -0.05) is 18.2 Å². The van der Waals surface area contributed by atoms with Gasteiger partial charge >= 0.3 is 0 Å². The van der Waals surface area contributed by atoms with E-state index in [1.54, 1.807) is 6.07 Å². The average Bonchev–Trinajstić information content (AvgIpc) is 2.84. The molecule has 0 aliphatic carbocycles. The highest BCUT2D eigenvalue weighted by atomic mass is 16.1. The molecule has 21 heavy (non-hydrogen) atoms. The van der Waals surface area contributed by atoms with Crippen LogP contribution in [0.2, 0.25) is 0 Å². The van der Waals surface area contributed by atoms with Crippen molar-refractivity contribution in [1.29, 1.82) is 0 Å². The Balaban J connectivity index is 2.41. The van der Waals surface area contributed by atoms with Crippen molar-refractivity contribution in [3.05, 3.63) is 57.4 Å². The third-order valence-corrected chi connectivity index (χ3v) is 4.37. The van der Waals surface area contributed by atoms with Crippen LogP contribution in [0.1, 0.15) is 16.8 Å². The zero-order valence-corrected chi connectivity index (χ0v) is 12.3. The van der Waals surface area contributed by atoms with Crippen molar-refractivity contribution in [2.45, 2.75) is 20.8 Å². The van der Waals surface area contributed by atoms with Gasteiger partial charge in [-0.15, -0.1) is 0 Å². The van der Waals surface area contributed by atoms with Gasteiger partial charge in [-0.25, -0.2) is 0 Å². The number of rotatable bonds is 0. The predicted molar refractivity (Wildman–Crippen MR) is 88.1 cm³/mol. The minimum absolute atomic E-state index is 0.0856. The number of H-pyrrole nitrogens is 2. The maximum Gasteiger partial charge on any atom is 0.189 e. The number of aryl methyl sites for hydroxylation is 3. The number of para-hydroxylation sites is 1. The van der Waals surface area contributed by atoms with Crippen molar-refractivity contribution >= 4 is 32.7 Å². The fourth-order valence-electron chi connectivity index (χ4n) is 3.40. The van der Waals surface area contributed by atoms with E-state index in [4.69, 9.17) is 0 Å². The molecule has 0 fully saturated rings. The lowest BCUT2D eigenvalue weighted by Crippen LogP contribution is -2.06. The first kappa shape index (κ1) is 12.2. The highest BCUT2D eigenvalue weighted by Crippen LogP contribution is 2.34. The Hall–Kier alpha value is -2.55. The topological polar surface area (TPSA) is 48.6 Å². The van der Waals surface area contributed by atoms with Gasteiger partial charge in [-0.05, 0) is 38.0 Å². The standard InChI is InChI=1S/C18H16N2O/c1-9-8-14(21)16-11(3)17-15(10(2)18(16)19-9)12-6-4-5-7-13(12)20-17/h4-8,20H,1-3H3,(H,19,21). The number of nitrogens with one attached hydrogen (secondary N) is 2. The molecule has 2 heterocycles. The first-order valence-electron chi connectivity index (χ1n) is 7.11. The van der Waals surface area contributed by atoms with E-state index in [0.717, 1.165) is 38.8 Å². The van der Waals surface area contributed by atoms with Crippen molar-refractivity contribution in [2.24, 2.45) is 0 Å². The van der Waals surface area contributed by atoms with Crippen LogP contribution in [-0.2, 0) is 0 Å². The molecule has 0 aliphatic rings. The maximum atomic E-state index is 12.4. The molecule has 0 spiro atoms. The first-order valence-corrected chi connectivity index (χ1v) is 7.11. The lowest BCUT2D eigenvalue weighted by atomic mass is 9.98. The van der Waals surface area contributed by atoms with Crippen LogP contribution in [-0.4, -0.2) is 9.97 Å². The minimum atomic E-state index is 0.0856. The van der Waals surface area contributed by atoms with Gasteiger partial charge in [0.1, 0.15) is 0 Å². The number of fused-ring (bicyclic) bond motifs is 4. The van der Waals surface area contributed by atoms with E-state index in [1.807, 2.05) is 26.0 Å². The van der Waals surface area contributed by atoms with Crippen LogP contribution in [0.4, 0.5) is 0 Å². The highest BCUT2D eigenvalue weighted by Gasteiger charge is 2.15. The van der Waals surface area contributed by atoms with E-state index in [-0.39, 0.29) is 5.43 Å². The Morgan fingerprint density at radius 2 is 1.52 bits per heavy atom. The summed E-state index contributed by atoms with van der Waals surface area (Å²) >= 11 is 0. The van der Waals surface area contributed by atoms with Gasteiger partial charge in [0.2, 0.25) is 0 Å². The number of benzene rings is 2. The summed E-state index contributed by atoms with van der Waals surface area (Å²) in [5, 5.41) is 3.20. The zero-order valence-electron chi connectivity index (χ0n) is 12.3. The first-order chi connectivity index (χ1) is 10.1. The van der Waals surface area contributed by atoms with E-state index in [1.165, 1.54) is 10.8 Å². The largest absolute Gasteiger partial charge is 0.358 e. The summed E-state index contributed by atoms with van der Waals surface area (Å²) in [7, 11) is 0. The number of aromatic nitrogens is 2. The van der Waals surface area contributed by atoms with E-state index < -0.39 is 0 Å². The van der Waals surface area contributed by atoms with Crippen LogP contribution >= 0.6 is 0 Å². The second-order valence-corrected chi connectivity index (χ2v) is 5.74. The Labute approximate surface area is 121 Å². The van der Waals surface area contributed by atoms with Crippen molar-refractivity contribution in [2.75, 3.05) is 0 Å². The van der Waals surface area contributed by atoms with Crippen LogP contribution < -0.4 is 5.43 Å². The quantitative estimate of drug-likeness (QED) is 0.499. The Kier molecular flexibility index (Phi) is 2.31. The molecule has 0 aliphatic heterocycles. The summed E-state index contributed by atoms with van der Waals surface area (Å²) in [4.78, 5) is 19.2. The van der Waals surface area contributed by atoms with Crippen molar-refractivity contribution in [1.82, 2.24) is 9.97 Å². The monoisotopic (exact) mass is 276 g/mol. The van der Waals surface area contributed by atoms with Gasteiger partial charge in [0.15, 0.2) is 5.43 Å². The van der Waals surface area contributed by atoms with Crippen molar-refractivity contribution in [3.63, 3.8) is 0 Å². The molecule has 2 aromatic carbocycles. The molecule has 3 nitrogen and oxygen atoms in total. The molecule has 4 rings (SSSR count). The van der Waals surface area contributed by atoms with Gasteiger partial charge in [0, 0.05) is 28.0 Å². The fourth-order valence-corrected chi connectivity index (χ4v) is 3.40. The minimum Gasteiger partial charge on any atom is -0.358 e. The van der Waals surface area contributed by atoms with Gasteiger partial charge in [0.05, 0.1) is 16.4 Å². The molecule has 0 saturated heterocycles. The van der Waals surface area contributed by atoms with Crippen LogP contribution in [0.3, 0.4) is 0 Å². The summed E-state index contributed by atoms with van der Waals surface area (Å²) in [5.41, 5.74) is 6.26. The van der Waals surface area contributed by atoms with E-state index in [9.17, 15) is 4.79 Å². The third-order valence-electron chi connectivity index (χ3n) is 4.37. The highest BCUT2D eigenvalue weighted by molar-refractivity contribution is 6.15. The molecule has 0 radical (unpaired) electrons. The van der Waals surface area contributed by atoms with Gasteiger partial charge in [-0.3, -0.25) is 4.79 Å². The molecule has 0 bridgehead atoms. The van der Waals surface area contributed by atoms with Crippen molar-refractivity contribution in [3.8, 4) is 0 Å². The molecule has 104 valence electrons. The second-order valence-electron chi connectivity index (χ2n) is 5.74. The van der Waals surface area contributed by atoms with Crippen molar-refractivity contribution < 1.29 is 0 Å². The molecule has 4 aromatic rings. The van der Waals surface area contributed by atoms with Crippen LogP contribution in [0, 0.1) is 20.8 Å². The number of hydrogen-bond acceptors (Lipinski definition) is 1. The SMILES string of the molecule is Cc1cc(=O)c2c(C)c3[nH]c4ccccc4c3c(C)c2[nH]1.